The van der Waals surface area contributed by atoms with E-state index in [9.17, 15) is 4.79 Å². The van der Waals surface area contributed by atoms with E-state index in [2.05, 4.69) is 40.5 Å². The molecule has 3 heteroatoms. The number of rotatable bonds is 3. The Labute approximate surface area is 120 Å². The van der Waals surface area contributed by atoms with Gasteiger partial charge in [0.05, 0.1) is 5.54 Å². The molecule has 3 fully saturated rings. The molecule has 4 rings (SSSR count). The molecule has 3 nitrogen and oxygen atoms in total. The summed E-state index contributed by atoms with van der Waals surface area (Å²) in [6.45, 7) is 1.83. The van der Waals surface area contributed by atoms with E-state index in [1.807, 2.05) is 0 Å². The lowest BCUT2D eigenvalue weighted by Crippen LogP contribution is -2.57. The summed E-state index contributed by atoms with van der Waals surface area (Å²) in [4.78, 5) is 14.3. The molecule has 20 heavy (non-hydrogen) atoms. The fourth-order valence-electron chi connectivity index (χ4n) is 4.04. The van der Waals surface area contributed by atoms with E-state index >= 15 is 0 Å². The van der Waals surface area contributed by atoms with Crippen LogP contribution in [0.3, 0.4) is 0 Å². The Hall–Kier alpha value is -1.51. The van der Waals surface area contributed by atoms with Crippen molar-refractivity contribution in [3.8, 4) is 0 Å². The van der Waals surface area contributed by atoms with Gasteiger partial charge in [-0.15, -0.1) is 0 Å². The molecule has 1 saturated heterocycles. The van der Waals surface area contributed by atoms with Crippen LogP contribution in [0.2, 0.25) is 0 Å². The molecule has 2 amide bonds. The van der Waals surface area contributed by atoms with Crippen molar-refractivity contribution in [1.29, 1.82) is 0 Å². The van der Waals surface area contributed by atoms with Crippen molar-refractivity contribution < 1.29 is 4.79 Å². The van der Waals surface area contributed by atoms with E-state index in [4.69, 9.17) is 0 Å². The highest BCUT2D eigenvalue weighted by atomic mass is 16.2. The highest BCUT2D eigenvalue weighted by Crippen LogP contribution is 2.50. The van der Waals surface area contributed by atoms with Crippen LogP contribution >= 0.6 is 0 Å². The summed E-state index contributed by atoms with van der Waals surface area (Å²) in [6.07, 6.45) is 6.22. The second-order valence-corrected chi connectivity index (χ2v) is 6.81. The summed E-state index contributed by atoms with van der Waals surface area (Å²) in [5.74, 6) is 1.39. The maximum absolute atomic E-state index is 12.1. The van der Waals surface area contributed by atoms with Crippen LogP contribution in [0.5, 0.6) is 0 Å². The second kappa shape index (κ2) is 4.51. The van der Waals surface area contributed by atoms with Gasteiger partial charge < -0.3 is 10.2 Å². The maximum Gasteiger partial charge on any atom is 0.318 e. The molecule has 1 spiro atoms. The molecule has 0 unspecified atom stereocenters. The third-order valence-corrected chi connectivity index (χ3v) is 5.58. The normalized spacial score (nSPS) is 32.9. The molecule has 3 aliphatic rings. The van der Waals surface area contributed by atoms with Crippen LogP contribution < -0.4 is 5.32 Å². The fraction of sp³-hybridized carbons (Fsp3) is 0.588. The highest BCUT2D eigenvalue weighted by Gasteiger charge is 2.54. The minimum Gasteiger partial charge on any atom is -0.336 e. The predicted molar refractivity (Wildman–Crippen MR) is 78.6 cm³/mol. The number of carbonyl (C=O) groups is 1. The maximum atomic E-state index is 12.1. The number of hydrogen-bond donors (Lipinski definition) is 1. The minimum absolute atomic E-state index is 0.118. The van der Waals surface area contributed by atoms with Crippen LogP contribution in [-0.4, -0.2) is 29.6 Å². The van der Waals surface area contributed by atoms with Crippen molar-refractivity contribution >= 4 is 6.03 Å². The summed E-state index contributed by atoms with van der Waals surface area (Å²) >= 11 is 0. The first-order valence-electron chi connectivity index (χ1n) is 7.87. The lowest BCUT2D eigenvalue weighted by atomic mass is 9.65. The molecule has 1 aromatic carbocycles. The van der Waals surface area contributed by atoms with Gasteiger partial charge in [-0.25, -0.2) is 4.79 Å². The average Bonchev–Trinajstić information content (AvgIpc) is 2.70. The predicted octanol–water partition coefficient (Wildman–Crippen LogP) is 3.13. The van der Waals surface area contributed by atoms with E-state index in [1.54, 1.807) is 0 Å². The van der Waals surface area contributed by atoms with Crippen molar-refractivity contribution in [2.45, 2.75) is 43.6 Å². The lowest BCUT2D eigenvalue weighted by molar-refractivity contribution is 0.0449. The largest absolute Gasteiger partial charge is 0.336 e. The Balaban J connectivity index is 1.46. The number of benzene rings is 1. The summed E-state index contributed by atoms with van der Waals surface area (Å²) in [5.41, 5.74) is 1.55. The van der Waals surface area contributed by atoms with Crippen molar-refractivity contribution in [2.24, 2.45) is 5.92 Å². The summed E-state index contributed by atoms with van der Waals surface area (Å²) < 4.78 is 0. The Morgan fingerprint density at radius 2 is 1.95 bits per heavy atom. The third kappa shape index (κ3) is 1.83. The van der Waals surface area contributed by atoms with Gasteiger partial charge in [0.2, 0.25) is 0 Å². The molecule has 1 N–H and O–H groups in total. The van der Waals surface area contributed by atoms with Gasteiger partial charge in [-0.1, -0.05) is 36.8 Å². The molecule has 2 aliphatic carbocycles. The third-order valence-electron chi connectivity index (χ3n) is 5.58. The standard InChI is InChI=1S/C17H22N2O/c20-16-18-12-17(19(16)11-13-5-4-6-13)9-15(10-17)14-7-2-1-3-8-14/h1-3,7-8,13,15H,4-6,9-12H2,(H,18,20). The van der Waals surface area contributed by atoms with Crippen LogP contribution in [0.4, 0.5) is 4.79 Å². The van der Waals surface area contributed by atoms with Crippen LogP contribution in [0.25, 0.3) is 0 Å². The first-order valence-corrected chi connectivity index (χ1v) is 7.87. The van der Waals surface area contributed by atoms with E-state index in [1.165, 1.54) is 24.8 Å². The highest BCUT2D eigenvalue weighted by molar-refractivity contribution is 5.78. The van der Waals surface area contributed by atoms with Gasteiger partial charge in [0.15, 0.2) is 0 Å². The molecule has 0 atom stereocenters. The first-order chi connectivity index (χ1) is 9.77. The van der Waals surface area contributed by atoms with Gasteiger partial charge in [0, 0.05) is 13.1 Å². The molecule has 1 heterocycles. The molecule has 0 radical (unpaired) electrons. The minimum atomic E-state index is 0.118. The average molecular weight is 270 g/mol. The van der Waals surface area contributed by atoms with Gasteiger partial charge in [-0.05, 0) is 43.1 Å². The van der Waals surface area contributed by atoms with Crippen LogP contribution in [0.1, 0.15) is 43.6 Å². The molecule has 0 bridgehead atoms. The van der Waals surface area contributed by atoms with Gasteiger partial charge in [0.1, 0.15) is 0 Å². The summed E-state index contributed by atoms with van der Waals surface area (Å²) in [7, 11) is 0. The Kier molecular flexibility index (Phi) is 2.76. The first kappa shape index (κ1) is 12.2. The number of nitrogens with zero attached hydrogens (tertiary/aromatic N) is 1. The number of nitrogens with one attached hydrogen (secondary N) is 1. The van der Waals surface area contributed by atoms with E-state index < -0.39 is 0 Å². The number of amides is 2. The van der Waals surface area contributed by atoms with Crippen LogP contribution in [0, 0.1) is 5.92 Å². The number of urea groups is 1. The lowest BCUT2D eigenvalue weighted by Gasteiger charge is -2.51. The molecule has 106 valence electrons. The number of carbonyl (C=O) groups excluding carboxylic acids is 1. The van der Waals surface area contributed by atoms with Gasteiger partial charge in [0.25, 0.3) is 0 Å². The Morgan fingerprint density at radius 3 is 2.60 bits per heavy atom. The van der Waals surface area contributed by atoms with E-state index in [0.29, 0.717) is 5.92 Å². The molecule has 1 aliphatic heterocycles. The quantitative estimate of drug-likeness (QED) is 0.899. The zero-order chi connectivity index (χ0) is 13.6. The molecule has 1 aromatic rings. The van der Waals surface area contributed by atoms with Crippen LogP contribution in [-0.2, 0) is 0 Å². The van der Waals surface area contributed by atoms with Gasteiger partial charge in [-0.3, -0.25) is 0 Å². The van der Waals surface area contributed by atoms with Crippen LogP contribution in [0.15, 0.2) is 30.3 Å². The Morgan fingerprint density at radius 1 is 1.20 bits per heavy atom. The van der Waals surface area contributed by atoms with Crippen molar-refractivity contribution in [3.63, 3.8) is 0 Å². The fourth-order valence-corrected chi connectivity index (χ4v) is 4.04. The monoisotopic (exact) mass is 270 g/mol. The SMILES string of the molecule is O=C1NCC2(CC(c3ccccc3)C2)N1CC1CCC1. The Bertz CT molecular complexity index is 503. The van der Waals surface area contributed by atoms with Crippen molar-refractivity contribution in [1.82, 2.24) is 10.2 Å². The zero-order valence-corrected chi connectivity index (χ0v) is 11.8. The van der Waals surface area contributed by atoms with Crippen molar-refractivity contribution in [2.75, 3.05) is 13.1 Å². The zero-order valence-electron chi connectivity index (χ0n) is 11.8. The molecule has 0 aromatic heterocycles. The topological polar surface area (TPSA) is 32.3 Å². The molecular weight excluding hydrogens is 248 g/mol. The second-order valence-electron chi connectivity index (χ2n) is 6.81. The van der Waals surface area contributed by atoms with Gasteiger partial charge in [-0.2, -0.15) is 0 Å². The molecule has 2 saturated carbocycles. The summed E-state index contributed by atoms with van der Waals surface area (Å²) in [5, 5.41) is 3.07. The van der Waals surface area contributed by atoms with E-state index in [-0.39, 0.29) is 11.6 Å². The number of hydrogen-bond acceptors (Lipinski definition) is 1. The molecular formula is C17H22N2O. The summed E-state index contributed by atoms with van der Waals surface area (Å²) in [6, 6.07) is 10.9. The van der Waals surface area contributed by atoms with Crippen molar-refractivity contribution in [3.05, 3.63) is 35.9 Å². The van der Waals surface area contributed by atoms with Gasteiger partial charge >= 0.3 is 6.03 Å². The smallest absolute Gasteiger partial charge is 0.318 e. The van der Waals surface area contributed by atoms with E-state index in [0.717, 1.165) is 31.8 Å².